The molecular formula is C11H23N3O2. The first kappa shape index (κ1) is 14.9. The van der Waals surface area contributed by atoms with Crippen LogP contribution >= 0.6 is 0 Å². The zero-order valence-corrected chi connectivity index (χ0v) is 10.2. The SMILES string of the molecule is CC(C)CC(CN)C(=O)NCCCC(N)=O. The highest BCUT2D eigenvalue weighted by molar-refractivity contribution is 5.79. The maximum atomic E-state index is 11.6. The average Bonchev–Trinajstić information content (AvgIpc) is 2.20. The summed E-state index contributed by atoms with van der Waals surface area (Å²) in [5, 5.41) is 2.77. The van der Waals surface area contributed by atoms with Gasteiger partial charge in [-0.3, -0.25) is 9.59 Å². The number of hydrogen-bond donors (Lipinski definition) is 3. The van der Waals surface area contributed by atoms with E-state index in [4.69, 9.17) is 11.5 Å². The van der Waals surface area contributed by atoms with Crippen molar-refractivity contribution in [1.29, 1.82) is 0 Å². The molecule has 16 heavy (non-hydrogen) atoms. The average molecular weight is 229 g/mol. The maximum absolute atomic E-state index is 11.6. The molecule has 5 nitrogen and oxygen atoms in total. The molecule has 0 bridgehead atoms. The summed E-state index contributed by atoms with van der Waals surface area (Å²) in [6, 6.07) is 0. The molecule has 0 aromatic carbocycles. The van der Waals surface area contributed by atoms with Crippen LogP contribution in [0.25, 0.3) is 0 Å². The van der Waals surface area contributed by atoms with E-state index in [2.05, 4.69) is 19.2 Å². The number of amides is 2. The van der Waals surface area contributed by atoms with Crippen molar-refractivity contribution in [1.82, 2.24) is 5.32 Å². The molecule has 0 radical (unpaired) electrons. The predicted octanol–water partition coefficient (Wildman–Crippen LogP) is -0.0109. The molecule has 0 aliphatic heterocycles. The second-order valence-electron chi connectivity index (χ2n) is 4.42. The molecule has 0 aromatic heterocycles. The Labute approximate surface area is 96.9 Å². The quantitative estimate of drug-likeness (QED) is 0.510. The van der Waals surface area contributed by atoms with Gasteiger partial charge in [-0.2, -0.15) is 0 Å². The second kappa shape index (κ2) is 8.10. The van der Waals surface area contributed by atoms with Crippen LogP contribution in [-0.4, -0.2) is 24.9 Å². The third-order valence-corrected chi connectivity index (χ3v) is 2.31. The van der Waals surface area contributed by atoms with Crippen molar-refractivity contribution in [2.45, 2.75) is 33.1 Å². The molecule has 0 aromatic rings. The molecule has 0 heterocycles. The van der Waals surface area contributed by atoms with E-state index < -0.39 is 0 Å². The Balaban J connectivity index is 3.79. The molecule has 0 spiro atoms. The lowest BCUT2D eigenvalue weighted by molar-refractivity contribution is -0.125. The fraction of sp³-hybridized carbons (Fsp3) is 0.818. The van der Waals surface area contributed by atoms with Gasteiger partial charge in [0, 0.05) is 19.5 Å². The van der Waals surface area contributed by atoms with Crippen LogP contribution < -0.4 is 16.8 Å². The van der Waals surface area contributed by atoms with Crippen LogP contribution in [0.4, 0.5) is 0 Å². The van der Waals surface area contributed by atoms with E-state index in [1.54, 1.807) is 0 Å². The molecule has 0 aliphatic rings. The highest BCUT2D eigenvalue weighted by atomic mass is 16.2. The van der Waals surface area contributed by atoms with Gasteiger partial charge in [-0.1, -0.05) is 13.8 Å². The zero-order valence-electron chi connectivity index (χ0n) is 10.2. The van der Waals surface area contributed by atoms with Gasteiger partial charge in [0.25, 0.3) is 0 Å². The van der Waals surface area contributed by atoms with E-state index in [1.165, 1.54) is 0 Å². The summed E-state index contributed by atoms with van der Waals surface area (Å²) >= 11 is 0. The molecule has 0 fully saturated rings. The molecule has 5 N–H and O–H groups in total. The van der Waals surface area contributed by atoms with Crippen LogP contribution in [-0.2, 0) is 9.59 Å². The first-order valence-electron chi connectivity index (χ1n) is 5.73. The third-order valence-electron chi connectivity index (χ3n) is 2.31. The number of primary amides is 1. The summed E-state index contributed by atoms with van der Waals surface area (Å²) < 4.78 is 0. The van der Waals surface area contributed by atoms with Gasteiger partial charge in [0.05, 0.1) is 5.92 Å². The van der Waals surface area contributed by atoms with Gasteiger partial charge in [-0.05, 0) is 18.8 Å². The molecular weight excluding hydrogens is 206 g/mol. The van der Waals surface area contributed by atoms with Crippen molar-refractivity contribution in [2.24, 2.45) is 23.3 Å². The van der Waals surface area contributed by atoms with Gasteiger partial charge < -0.3 is 16.8 Å². The van der Waals surface area contributed by atoms with E-state index in [0.717, 1.165) is 6.42 Å². The number of carbonyl (C=O) groups is 2. The Morgan fingerprint density at radius 2 is 1.94 bits per heavy atom. The third kappa shape index (κ3) is 7.23. The summed E-state index contributed by atoms with van der Waals surface area (Å²) in [4.78, 5) is 22.1. The van der Waals surface area contributed by atoms with Crippen molar-refractivity contribution in [3.05, 3.63) is 0 Å². The van der Waals surface area contributed by atoms with Crippen LogP contribution in [0.1, 0.15) is 33.1 Å². The molecule has 0 aliphatic carbocycles. The van der Waals surface area contributed by atoms with E-state index in [1.807, 2.05) is 0 Å². The van der Waals surface area contributed by atoms with Crippen molar-refractivity contribution < 1.29 is 9.59 Å². The fourth-order valence-corrected chi connectivity index (χ4v) is 1.50. The van der Waals surface area contributed by atoms with E-state index in [9.17, 15) is 9.59 Å². The Kier molecular flexibility index (Phi) is 7.54. The second-order valence-corrected chi connectivity index (χ2v) is 4.42. The predicted molar refractivity (Wildman–Crippen MR) is 63.4 cm³/mol. The van der Waals surface area contributed by atoms with Crippen molar-refractivity contribution in [3.63, 3.8) is 0 Å². The molecule has 0 saturated heterocycles. The van der Waals surface area contributed by atoms with Gasteiger partial charge in [0.2, 0.25) is 11.8 Å². The minimum atomic E-state index is -0.341. The van der Waals surface area contributed by atoms with E-state index in [-0.39, 0.29) is 17.7 Å². The Hall–Kier alpha value is -1.10. The molecule has 5 heteroatoms. The number of nitrogens with two attached hydrogens (primary N) is 2. The molecule has 1 unspecified atom stereocenters. The van der Waals surface area contributed by atoms with Crippen LogP contribution in [0.2, 0.25) is 0 Å². The summed E-state index contributed by atoms with van der Waals surface area (Å²) in [5.74, 6) is -0.0500. The largest absolute Gasteiger partial charge is 0.370 e. The summed E-state index contributed by atoms with van der Waals surface area (Å²) in [5.41, 5.74) is 10.5. The molecule has 94 valence electrons. The highest BCUT2D eigenvalue weighted by Crippen LogP contribution is 2.10. The number of nitrogens with one attached hydrogen (secondary N) is 1. The molecule has 2 amide bonds. The number of rotatable bonds is 8. The fourth-order valence-electron chi connectivity index (χ4n) is 1.50. The van der Waals surface area contributed by atoms with Gasteiger partial charge in [0.15, 0.2) is 0 Å². The topological polar surface area (TPSA) is 98.2 Å². The van der Waals surface area contributed by atoms with Gasteiger partial charge >= 0.3 is 0 Å². The Bertz CT molecular complexity index is 229. The molecule has 0 saturated carbocycles. The van der Waals surface area contributed by atoms with Gasteiger partial charge in [-0.25, -0.2) is 0 Å². The van der Waals surface area contributed by atoms with Crippen LogP contribution in [0, 0.1) is 11.8 Å². The maximum Gasteiger partial charge on any atom is 0.224 e. The Morgan fingerprint density at radius 3 is 2.38 bits per heavy atom. The van der Waals surface area contributed by atoms with Crippen molar-refractivity contribution in [2.75, 3.05) is 13.1 Å². The highest BCUT2D eigenvalue weighted by Gasteiger charge is 2.17. The molecule has 0 rings (SSSR count). The normalized spacial score (nSPS) is 12.5. The standard InChI is InChI=1S/C11H23N3O2/c1-8(2)6-9(7-12)11(16)14-5-3-4-10(13)15/h8-9H,3-7,12H2,1-2H3,(H2,13,15)(H,14,16). The summed E-state index contributed by atoms with van der Waals surface area (Å²) in [6.07, 6.45) is 1.68. The van der Waals surface area contributed by atoms with Gasteiger partial charge in [0.1, 0.15) is 0 Å². The van der Waals surface area contributed by atoms with Crippen LogP contribution in [0.5, 0.6) is 0 Å². The smallest absolute Gasteiger partial charge is 0.224 e. The Morgan fingerprint density at radius 1 is 1.31 bits per heavy atom. The first-order valence-corrected chi connectivity index (χ1v) is 5.73. The van der Waals surface area contributed by atoms with Crippen molar-refractivity contribution in [3.8, 4) is 0 Å². The minimum absolute atomic E-state index is 0.0272. The zero-order chi connectivity index (χ0) is 12.6. The molecule has 1 atom stereocenters. The van der Waals surface area contributed by atoms with Gasteiger partial charge in [-0.15, -0.1) is 0 Å². The summed E-state index contributed by atoms with van der Waals surface area (Å²) in [6.45, 7) is 4.96. The van der Waals surface area contributed by atoms with Crippen LogP contribution in [0.15, 0.2) is 0 Å². The number of carbonyl (C=O) groups excluding carboxylic acids is 2. The van der Waals surface area contributed by atoms with E-state index >= 15 is 0 Å². The minimum Gasteiger partial charge on any atom is -0.370 e. The lowest BCUT2D eigenvalue weighted by Gasteiger charge is -2.16. The lowest BCUT2D eigenvalue weighted by atomic mass is 9.96. The van der Waals surface area contributed by atoms with Crippen molar-refractivity contribution >= 4 is 11.8 Å². The van der Waals surface area contributed by atoms with E-state index in [0.29, 0.717) is 31.8 Å². The number of hydrogen-bond acceptors (Lipinski definition) is 3. The monoisotopic (exact) mass is 229 g/mol. The van der Waals surface area contributed by atoms with Crippen LogP contribution in [0.3, 0.4) is 0 Å². The lowest BCUT2D eigenvalue weighted by Crippen LogP contribution is -2.36. The summed E-state index contributed by atoms with van der Waals surface area (Å²) in [7, 11) is 0. The first-order chi connectivity index (χ1) is 7.47.